The highest BCUT2D eigenvalue weighted by molar-refractivity contribution is 9.10. The van der Waals surface area contributed by atoms with Gasteiger partial charge in [-0.1, -0.05) is 6.92 Å². The molecule has 0 amide bonds. The number of hydrogen-bond acceptors (Lipinski definition) is 9. The first-order valence-electron chi connectivity index (χ1n) is 16.5. The number of anilines is 2. The number of aromatic nitrogens is 6. The molecule has 2 fully saturated rings. The van der Waals surface area contributed by atoms with E-state index in [-0.39, 0.29) is 37.1 Å². The van der Waals surface area contributed by atoms with Crippen molar-refractivity contribution >= 4 is 27.3 Å². The number of benzene rings is 3. The molecular formula is C35H37BrF2N8O4. The molecule has 5 aromatic rings. The van der Waals surface area contributed by atoms with Gasteiger partial charge in [0.2, 0.25) is 10.5 Å². The summed E-state index contributed by atoms with van der Waals surface area (Å²) in [6, 6.07) is 19.3. The average molecular weight is 752 g/mol. The standard InChI is InChI=1S/C35H37BrF2N8O4/c1-3-24(2)46-34(47)45(23-40-46)28-7-5-26(6-8-28)42-14-16-43(17-15-42)27-9-11-29(12-10-27)48-19-30-20-49-35(50-30,21-44-22-39-33(36)41-44)31-13-4-25(37)18-32(31)38/h4-13,18,22-24,30H,3,14-17,19-21H2,1-2H3. The maximum atomic E-state index is 14.9. The lowest BCUT2D eigenvalue weighted by Crippen LogP contribution is -2.46. The molecule has 2 aliphatic heterocycles. The minimum atomic E-state index is -1.54. The fourth-order valence-electron chi connectivity index (χ4n) is 6.27. The van der Waals surface area contributed by atoms with Crippen molar-refractivity contribution in [2.24, 2.45) is 0 Å². The highest BCUT2D eigenvalue weighted by atomic mass is 79.9. The van der Waals surface area contributed by atoms with Crippen LogP contribution in [0.4, 0.5) is 20.2 Å². The maximum Gasteiger partial charge on any atom is 0.350 e. The number of ether oxygens (including phenoxy) is 3. The first-order valence-corrected chi connectivity index (χ1v) is 17.3. The molecule has 15 heteroatoms. The van der Waals surface area contributed by atoms with Crippen LogP contribution in [0.2, 0.25) is 0 Å². The van der Waals surface area contributed by atoms with Crippen LogP contribution in [0.25, 0.3) is 5.69 Å². The fourth-order valence-corrected chi connectivity index (χ4v) is 6.57. The van der Waals surface area contributed by atoms with Crippen molar-refractivity contribution in [3.05, 3.63) is 112 Å². The van der Waals surface area contributed by atoms with Crippen molar-refractivity contribution in [2.45, 2.75) is 44.7 Å². The Hall–Kier alpha value is -4.60. The van der Waals surface area contributed by atoms with Crippen LogP contribution in [0.1, 0.15) is 31.9 Å². The SMILES string of the molecule is CCC(C)n1ncn(-c2ccc(N3CCN(c4ccc(OCC5COC(Cn6cnc(Br)n6)(c6ccc(F)cc6F)O5)cc4)CC3)cc2)c1=O. The average Bonchev–Trinajstić information content (AvgIpc) is 3.85. The predicted molar refractivity (Wildman–Crippen MR) is 186 cm³/mol. The summed E-state index contributed by atoms with van der Waals surface area (Å²) in [7, 11) is 0. The lowest BCUT2D eigenvalue weighted by atomic mass is 10.0. The van der Waals surface area contributed by atoms with Gasteiger partial charge in [0.05, 0.1) is 18.3 Å². The summed E-state index contributed by atoms with van der Waals surface area (Å²) < 4.78 is 52.0. The van der Waals surface area contributed by atoms with Crippen LogP contribution in [0.5, 0.6) is 5.75 Å². The first kappa shape index (κ1) is 33.9. The van der Waals surface area contributed by atoms with E-state index in [2.05, 4.69) is 53.0 Å². The van der Waals surface area contributed by atoms with Gasteiger partial charge < -0.3 is 24.0 Å². The van der Waals surface area contributed by atoms with Gasteiger partial charge in [-0.2, -0.15) is 5.10 Å². The van der Waals surface area contributed by atoms with Crippen molar-refractivity contribution in [2.75, 3.05) is 49.2 Å². The Kier molecular flexibility index (Phi) is 9.71. The second kappa shape index (κ2) is 14.3. The second-order valence-corrected chi connectivity index (χ2v) is 13.1. The summed E-state index contributed by atoms with van der Waals surface area (Å²) in [5.74, 6) is -2.35. The van der Waals surface area contributed by atoms with Crippen LogP contribution in [0, 0.1) is 11.6 Å². The van der Waals surface area contributed by atoms with Crippen LogP contribution in [0.15, 0.2) is 88.9 Å². The normalized spacial score (nSPS) is 20.0. The Morgan fingerprint density at radius 2 is 1.62 bits per heavy atom. The summed E-state index contributed by atoms with van der Waals surface area (Å²) in [4.78, 5) is 21.5. The molecule has 50 heavy (non-hydrogen) atoms. The molecule has 0 radical (unpaired) electrons. The molecule has 2 aliphatic rings. The third-order valence-corrected chi connectivity index (χ3v) is 9.56. The zero-order valence-corrected chi connectivity index (χ0v) is 29.2. The Labute approximate surface area is 295 Å². The van der Waals surface area contributed by atoms with E-state index in [1.165, 1.54) is 27.8 Å². The summed E-state index contributed by atoms with van der Waals surface area (Å²) >= 11 is 3.22. The van der Waals surface area contributed by atoms with E-state index in [9.17, 15) is 13.6 Å². The van der Waals surface area contributed by atoms with Crippen molar-refractivity contribution in [3.63, 3.8) is 0 Å². The van der Waals surface area contributed by atoms with Gasteiger partial charge in [-0.05, 0) is 89.9 Å². The van der Waals surface area contributed by atoms with Crippen molar-refractivity contribution in [3.8, 4) is 11.4 Å². The molecule has 3 unspecified atom stereocenters. The summed E-state index contributed by atoms with van der Waals surface area (Å²) in [6.45, 7) is 7.73. The highest BCUT2D eigenvalue weighted by Gasteiger charge is 2.46. The van der Waals surface area contributed by atoms with Crippen molar-refractivity contribution in [1.29, 1.82) is 0 Å². The lowest BCUT2D eigenvalue weighted by molar-refractivity contribution is -0.192. The topological polar surface area (TPSA) is 105 Å². The summed E-state index contributed by atoms with van der Waals surface area (Å²) in [5, 5.41) is 8.50. The summed E-state index contributed by atoms with van der Waals surface area (Å²) in [5.41, 5.74) is 2.93. The van der Waals surface area contributed by atoms with Gasteiger partial charge >= 0.3 is 5.69 Å². The van der Waals surface area contributed by atoms with Gasteiger partial charge in [0, 0.05) is 49.2 Å². The molecule has 3 aromatic carbocycles. The van der Waals surface area contributed by atoms with Gasteiger partial charge in [-0.15, -0.1) is 5.10 Å². The predicted octanol–water partition coefficient (Wildman–Crippen LogP) is 5.31. The molecule has 0 N–H and O–H groups in total. The Morgan fingerprint density at radius 3 is 2.24 bits per heavy atom. The number of hydrogen-bond donors (Lipinski definition) is 0. The molecule has 0 aliphatic carbocycles. The van der Waals surface area contributed by atoms with E-state index in [1.807, 2.05) is 50.2 Å². The number of rotatable bonds is 11. The smallest absolute Gasteiger partial charge is 0.350 e. The van der Waals surface area contributed by atoms with E-state index in [0.717, 1.165) is 55.7 Å². The molecule has 12 nitrogen and oxygen atoms in total. The fraction of sp³-hybridized carbons (Fsp3) is 0.371. The summed E-state index contributed by atoms with van der Waals surface area (Å²) in [6.07, 6.45) is 3.37. The van der Waals surface area contributed by atoms with Crippen molar-refractivity contribution in [1.82, 2.24) is 29.1 Å². The van der Waals surface area contributed by atoms with Crippen LogP contribution in [0.3, 0.4) is 0 Å². The first-order chi connectivity index (χ1) is 24.2. The Bertz CT molecular complexity index is 1980. The van der Waals surface area contributed by atoms with Gasteiger partial charge in [-0.25, -0.2) is 32.5 Å². The van der Waals surface area contributed by atoms with Gasteiger partial charge in [0.15, 0.2) is 0 Å². The molecule has 2 aromatic heterocycles. The van der Waals surface area contributed by atoms with Gasteiger partial charge in [0.1, 0.15) is 49.3 Å². The monoisotopic (exact) mass is 750 g/mol. The van der Waals surface area contributed by atoms with E-state index in [4.69, 9.17) is 14.2 Å². The zero-order chi connectivity index (χ0) is 34.8. The molecule has 0 bridgehead atoms. The third-order valence-electron chi connectivity index (χ3n) is 9.19. The molecule has 2 saturated heterocycles. The van der Waals surface area contributed by atoms with Gasteiger partial charge in [-0.3, -0.25) is 0 Å². The number of nitrogens with zero attached hydrogens (tertiary/aromatic N) is 8. The molecular weight excluding hydrogens is 714 g/mol. The van der Waals surface area contributed by atoms with Crippen LogP contribution >= 0.6 is 15.9 Å². The van der Waals surface area contributed by atoms with E-state index >= 15 is 0 Å². The highest BCUT2D eigenvalue weighted by Crippen LogP contribution is 2.38. The van der Waals surface area contributed by atoms with Crippen LogP contribution < -0.4 is 20.2 Å². The quantitative estimate of drug-likeness (QED) is 0.178. The number of halogens is 3. The molecule has 3 atom stereocenters. The molecule has 0 saturated carbocycles. The maximum absolute atomic E-state index is 14.9. The Morgan fingerprint density at radius 1 is 0.960 bits per heavy atom. The van der Waals surface area contributed by atoms with Crippen LogP contribution in [-0.2, 0) is 21.8 Å². The number of piperazine rings is 1. The van der Waals surface area contributed by atoms with E-state index < -0.39 is 23.5 Å². The molecule has 4 heterocycles. The molecule has 262 valence electrons. The lowest BCUT2D eigenvalue weighted by Gasteiger charge is -2.37. The minimum absolute atomic E-state index is 0.00419. The van der Waals surface area contributed by atoms with Crippen LogP contribution in [-0.4, -0.2) is 74.6 Å². The second-order valence-electron chi connectivity index (χ2n) is 12.4. The van der Waals surface area contributed by atoms with E-state index in [1.54, 1.807) is 10.9 Å². The van der Waals surface area contributed by atoms with E-state index in [0.29, 0.717) is 10.5 Å². The molecule has 0 spiro atoms. The zero-order valence-electron chi connectivity index (χ0n) is 27.7. The Balaban J connectivity index is 0.929. The van der Waals surface area contributed by atoms with Gasteiger partial charge in [0.25, 0.3) is 0 Å². The molecule has 7 rings (SSSR count). The largest absolute Gasteiger partial charge is 0.491 e. The minimum Gasteiger partial charge on any atom is -0.491 e. The van der Waals surface area contributed by atoms with Crippen molar-refractivity contribution < 1.29 is 23.0 Å². The third kappa shape index (κ3) is 7.02.